The number of fused-ring (bicyclic) bond motifs is 1. The van der Waals surface area contributed by atoms with Crippen LogP contribution in [0.3, 0.4) is 0 Å². The molecule has 3 fully saturated rings. The molecule has 2 saturated heterocycles. The van der Waals surface area contributed by atoms with Crippen molar-refractivity contribution in [3.8, 4) is 0 Å². The molecule has 0 radical (unpaired) electrons. The molecule has 2 aliphatic heterocycles. The summed E-state index contributed by atoms with van der Waals surface area (Å²) >= 11 is 1.54. The largest absolute Gasteiger partial charge is 0.348 e. The van der Waals surface area contributed by atoms with Crippen molar-refractivity contribution in [1.82, 2.24) is 10.2 Å². The van der Waals surface area contributed by atoms with Crippen LogP contribution in [-0.4, -0.2) is 41.1 Å². The molecule has 34 heavy (non-hydrogen) atoms. The first-order chi connectivity index (χ1) is 16.6. The van der Waals surface area contributed by atoms with Gasteiger partial charge in [-0.1, -0.05) is 48.5 Å². The van der Waals surface area contributed by atoms with E-state index in [2.05, 4.69) is 29.6 Å². The second-order valence-electron chi connectivity index (χ2n) is 9.73. The van der Waals surface area contributed by atoms with E-state index in [1.807, 2.05) is 11.0 Å². The standard InChI is InChI=1S/C28H31FN2O2S/c29-23-9-5-4-8-21(23)18-26-27(32)30-24-17-22(10-11-25(24)34-26)28(33)31-14-12-20(13-15-31)16-19-6-2-1-3-7-19/h1-9,18,20,22,24-25H,10-17H2,(H,30,32)/b26-18+. The molecule has 2 aromatic rings. The predicted molar refractivity (Wildman–Crippen MR) is 134 cm³/mol. The van der Waals surface area contributed by atoms with Gasteiger partial charge in [-0.05, 0) is 62.1 Å². The zero-order chi connectivity index (χ0) is 23.5. The van der Waals surface area contributed by atoms with Crippen molar-refractivity contribution in [3.05, 3.63) is 76.4 Å². The van der Waals surface area contributed by atoms with Gasteiger partial charge in [-0.3, -0.25) is 9.59 Å². The minimum atomic E-state index is -0.327. The SMILES string of the molecule is O=C1NC2CC(C(=O)N3CCC(Cc4ccccc4)CC3)CCC2S/C1=C/c1ccccc1F. The van der Waals surface area contributed by atoms with Crippen LogP contribution in [0.1, 0.15) is 43.2 Å². The van der Waals surface area contributed by atoms with E-state index in [0.717, 1.165) is 45.2 Å². The highest BCUT2D eigenvalue weighted by atomic mass is 32.2. The summed E-state index contributed by atoms with van der Waals surface area (Å²) in [4.78, 5) is 28.6. The maximum atomic E-state index is 14.0. The zero-order valence-corrected chi connectivity index (χ0v) is 20.1. The van der Waals surface area contributed by atoms with Gasteiger partial charge in [0.15, 0.2) is 0 Å². The summed E-state index contributed by atoms with van der Waals surface area (Å²) in [5, 5.41) is 3.34. The lowest BCUT2D eigenvalue weighted by atomic mass is 9.83. The second kappa shape index (κ2) is 10.3. The molecule has 3 atom stereocenters. The van der Waals surface area contributed by atoms with Crippen molar-refractivity contribution < 1.29 is 14.0 Å². The van der Waals surface area contributed by atoms with Gasteiger partial charge in [-0.2, -0.15) is 0 Å². The lowest BCUT2D eigenvalue weighted by Crippen LogP contribution is -2.52. The van der Waals surface area contributed by atoms with Crippen molar-refractivity contribution in [2.75, 3.05) is 13.1 Å². The fraction of sp³-hybridized carbons (Fsp3) is 0.429. The number of hydrogen-bond donors (Lipinski definition) is 1. The molecule has 1 saturated carbocycles. The van der Waals surface area contributed by atoms with E-state index in [9.17, 15) is 14.0 Å². The third-order valence-corrected chi connectivity index (χ3v) is 8.86. The average molecular weight is 479 g/mol. The minimum Gasteiger partial charge on any atom is -0.348 e. The van der Waals surface area contributed by atoms with E-state index in [-0.39, 0.29) is 34.8 Å². The predicted octanol–water partition coefficient (Wildman–Crippen LogP) is 5.05. The van der Waals surface area contributed by atoms with Crippen LogP contribution in [0.2, 0.25) is 0 Å². The topological polar surface area (TPSA) is 49.4 Å². The number of halogens is 1. The van der Waals surface area contributed by atoms with Gasteiger partial charge < -0.3 is 10.2 Å². The highest BCUT2D eigenvalue weighted by Crippen LogP contribution is 2.40. The van der Waals surface area contributed by atoms with Crippen LogP contribution in [0, 0.1) is 17.7 Å². The molecule has 178 valence electrons. The minimum absolute atomic E-state index is 0.00594. The van der Waals surface area contributed by atoms with Crippen LogP contribution in [0.4, 0.5) is 4.39 Å². The van der Waals surface area contributed by atoms with E-state index in [1.165, 1.54) is 23.4 Å². The highest BCUT2D eigenvalue weighted by molar-refractivity contribution is 8.04. The van der Waals surface area contributed by atoms with Gasteiger partial charge in [0, 0.05) is 35.9 Å². The molecule has 1 aliphatic carbocycles. The monoisotopic (exact) mass is 478 g/mol. The van der Waals surface area contributed by atoms with Crippen LogP contribution in [-0.2, 0) is 16.0 Å². The van der Waals surface area contributed by atoms with Gasteiger partial charge in [0.25, 0.3) is 5.91 Å². The van der Waals surface area contributed by atoms with Gasteiger partial charge in [-0.25, -0.2) is 4.39 Å². The molecule has 6 heteroatoms. The Morgan fingerprint density at radius 3 is 2.53 bits per heavy atom. The van der Waals surface area contributed by atoms with Crippen molar-refractivity contribution in [2.45, 2.75) is 49.8 Å². The molecule has 2 aromatic carbocycles. The third-order valence-electron chi connectivity index (χ3n) is 7.44. The maximum absolute atomic E-state index is 14.0. The number of thioether (sulfide) groups is 1. The Morgan fingerprint density at radius 1 is 1.03 bits per heavy atom. The Bertz CT molecular complexity index is 1070. The Morgan fingerprint density at radius 2 is 1.76 bits per heavy atom. The molecule has 4 nitrogen and oxygen atoms in total. The van der Waals surface area contributed by atoms with E-state index < -0.39 is 0 Å². The quantitative estimate of drug-likeness (QED) is 0.626. The number of nitrogens with zero attached hydrogens (tertiary/aromatic N) is 1. The average Bonchev–Trinajstić information content (AvgIpc) is 2.86. The number of piperidine rings is 1. The Kier molecular flexibility index (Phi) is 7.05. The van der Waals surface area contributed by atoms with Crippen LogP contribution in [0.25, 0.3) is 6.08 Å². The van der Waals surface area contributed by atoms with Crippen LogP contribution >= 0.6 is 11.8 Å². The summed E-state index contributed by atoms with van der Waals surface area (Å²) in [5.41, 5.74) is 1.80. The summed E-state index contributed by atoms with van der Waals surface area (Å²) < 4.78 is 14.0. The first-order valence-electron chi connectivity index (χ1n) is 12.3. The number of likely N-dealkylation sites (tertiary alicyclic amines) is 1. The first-order valence-corrected chi connectivity index (χ1v) is 13.2. The highest BCUT2D eigenvalue weighted by Gasteiger charge is 2.41. The normalized spacial score (nSPS) is 26.7. The fourth-order valence-electron chi connectivity index (χ4n) is 5.51. The van der Waals surface area contributed by atoms with Crippen LogP contribution < -0.4 is 5.32 Å². The van der Waals surface area contributed by atoms with Gasteiger partial charge in [0.2, 0.25) is 5.91 Å². The van der Waals surface area contributed by atoms with Crippen LogP contribution in [0.5, 0.6) is 0 Å². The molecule has 2 heterocycles. The summed E-state index contributed by atoms with van der Waals surface area (Å²) in [6.45, 7) is 1.66. The van der Waals surface area contributed by atoms with Gasteiger partial charge in [0.1, 0.15) is 5.82 Å². The third kappa shape index (κ3) is 5.22. The molecular weight excluding hydrogens is 447 g/mol. The summed E-state index contributed by atoms with van der Waals surface area (Å²) in [7, 11) is 0. The number of carbonyl (C=O) groups excluding carboxylic acids is 2. The number of nitrogens with one attached hydrogen (secondary N) is 1. The molecule has 5 rings (SSSR count). The lowest BCUT2D eigenvalue weighted by Gasteiger charge is -2.41. The number of amides is 2. The summed E-state index contributed by atoms with van der Waals surface area (Å²) in [6, 6.07) is 17.1. The molecule has 2 amide bonds. The van der Waals surface area contributed by atoms with Crippen molar-refractivity contribution in [1.29, 1.82) is 0 Å². The molecule has 1 N–H and O–H groups in total. The molecule has 0 spiro atoms. The molecule has 0 aromatic heterocycles. The lowest BCUT2D eigenvalue weighted by molar-refractivity contribution is -0.138. The molecular formula is C28H31FN2O2S. The smallest absolute Gasteiger partial charge is 0.257 e. The van der Waals surface area contributed by atoms with Crippen molar-refractivity contribution >= 4 is 29.7 Å². The van der Waals surface area contributed by atoms with E-state index in [0.29, 0.717) is 22.8 Å². The van der Waals surface area contributed by atoms with Crippen molar-refractivity contribution in [3.63, 3.8) is 0 Å². The zero-order valence-electron chi connectivity index (χ0n) is 19.3. The summed E-state index contributed by atoms with van der Waals surface area (Å²) in [6.07, 6.45) is 7.25. The molecule has 3 unspecified atom stereocenters. The van der Waals surface area contributed by atoms with Crippen LogP contribution in [0.15, 0.2) is 59.5 Å². The van der Waals surface area contributed by atoms with E-state index in [4.69, 9.17) is 0 Å². The first kappa shape index (κ1) is 23.2. The fourth-order valence-corrected chi connectivity index (χ4v) is 6.80. The number of carbonyl (C=O) groups is 2. The number of hydrogen-bond acceptors (Lipinski definition) is 3. The van der Waals surface area contributed by atoms with Gasteiger partial charge in [0.05, 0.1) is 4.91 Å². The number of rotatable bonds is 4. The van der Waals surface area contributed by atoms with E-state index in [1.54, 1.807) is 24.3 Å². The van der Waals surface area contributed by atoms with Crippen molar-refractivity contribution in [2.24, 2.45) is 11.8 Å². The Labute approximate surface area is 205 Å². The Balaban J connectivity index is 1.15. The number of benzene rings is 2. The van der Waals surface area contributed by atoms with Gasteiger partial charge >= 0.3 is 0 Å². The Hall–Kier alpha value is -2.60. The second-order valence-corrected chi connectivity index (χ2v) is 11.0. The molecule has 0 bridgehead atoms. The van der Waals surface area contributed by atoms with Gasteiger partial charge in [-0.15, -0.1) is 11.8 Å². The van der Waals surface area contributed by atoms with E-state index >= 15 is 0 Å². The summed E-state index contributed by atoms with van der Waals surface area (Å²) in [5.74, 6) is 0.376. The maximum Gasteiger partial charge on any atom is 0.257 e. The molecule has 3 aliphatic rings.